The molecule has 2 aliphatic rings. The summed E-state index contributed by atoms with van der Waals surface area (Å²) >= 11 is 0. The van der Waals surface area contributed by atoms with E-state index in [0.29, 0.717) is 5.56 Å². The van der Waals surface area contributed by atoms with Gasteiger partial charge in [0.1, 0.15) is 6.04 Å². The first-order chi connectivity index (χ1) is 10.0. The van der Waals surface area contributed by atoms with Crippen LogP contribution in [0.1, 0.15) is 39.1 Å². The zero-order chi connectivity index (χ0) is 15.1. The van der Waals surface area contributed by atoms with E-state index in [0.717, 1.165) is 4.90 Å². The highest BCUT2D eigenvalue weighted by Gasteiger charge is 2.44. The number of rotatable bonds is 1. The van der Waals surface area contributed by atoms with Crippen LogP contribution in [0.2, 0.25) is 0 Å². The van der Waals surface area contributed by atoms with Crippen LogP contribution in [-0.4, -0.2) is 34.6 Å². The molecule has 0 aromatic heterocycles. The molecule has 0 bridgehead atoms. The third kappa shape index (κ3) is 1.91. The normalized spacial score (nSPS) is 21.1. The van der Waals surface area contributed by atoms with Gasteiger partial charge in [0.25, 0.3) is 11.8 Å². The highest BCUT2D eigenvalue weighted by molar-refractivity contribution is 6.23. The highest BCUT2D eigenvalue weighted by atomic mass is 16.2. The van der Waals surface area contributed by atoms with Crippen LogP contribution in [0, 0.1) is 12.3 Å². The van der Waals surface area contributed by atoms with Crippen LogP contribution in [0.4, 0.5) is 0 Å². The maximum absolute atomic E-state index is 12.4. The Balaban J connectivity index is 1.98. The minimum absolute atomic E-state index is 0.0966. The molecule has 1 fully saturated rings. The van der Waals surface area contributed by atoms with Crippen molar-refractivity contribution in [3.63, 3.8) is 0 Å². The van der Waals surface area contributed by atoms with Crippen molar-refractivity contribution in [3.05, 3.63) is 34.9 Å². The second-order valence-corrected chi connectivity index (χ2v) is 4.85. The van der Waals surface area contributed by atoms with E-state index < -0.39 is 29.7 Å². The van der Waals surface area contributed by atoms with Crippen LogP contribution in [0.15, 0.2) is 18.2 Å². The number of terminal acetylenes is 1. The number of benzene rings is 1. The summed E-state index contributed by atoms with van der Waals surface area (Å²) in [5, 5.41) is 2.14. The largest absolute Gasteiger partial charge is 0.295 e. The van der Waals surface area contributed by atoms with E-state index in [4.69, 9.17) is 6.42 Å². The standard InChI is InChI=1S/C15H10N2O4/c1-2-8-3-4-9-10(7-8)15(21)17(14(9)20)11-5-6-12(18)16-13(11)19/h1,3-4,7,11H,5-6H2,(H,16,18,19)/t11-/m1/s1. The molecule has 0 saturated carbocycles. The van der Waals surface area contributed by atoms with Crippen molar-refractivity contribution in [3.8, 4) is 12.3 Å². The second kappa shape index (κ2) is 4.56. The van der Waals surface area contributed by atoms with Crippen LogP contribution < -0.4 is 5.32 Å². The summed E-state index contributed by atoms with van der Waals surface area (Å²) in [4.78, 5) is 48.6. The Bertz CT molecular complexity index is 745. The van der Waals surface area contributed by atoms with Gasteiger partial charge in [-0.3, -0.25) is 29.4 Å². The number of imide groups is 2. The Morgan fingerprint density at radius 2 is 1.86 bits per heavy atom. The van der Waals surface area contributed by atoms with Crippen molar-refractivity contribution >= 4 is 23.6 Å². The van der Waals surface area contributed by atoms with Gasteiger partial charge < -0.3 is 0 Å². The van der Waals surface area contributed by atoms with Crippen molar-refractivity contribution in [2.45, 2.75) is 18.9 Å². The molecule has 0 aliphatic carbocycles. The zero-order valence-corrected chi connectivity index (χ0v) is 10.9. The molecule has 3 rings (SSSR count). The molecule has 2 aliphatic heterocycles. The first kappa shape index (κ1) is 13.1. The number of carbonyl (C=O) groups is 4. The summed E-state index contributed by atoms with van der Waals surface area (Å²) in [7, 11) is 0. The molecule has 1 aromatic carbocycles. The lowest BCUT2D eigenvalue weighted by atomic mass is 10.0. The third-order valence-corrected chi connectivity index (χ3v) is 3.61. The number of hydrogen-bond donors (Lipinski definition) is 1. The van der Waals surface area contributed by atoms with Gasteiger partial charge >= 0.3 is 0 Å². The third-order valence-electron chi connectivity index (χ3n) is 3.61. The van der Waals surface area contributed by atoms with Crippen LogP contribution >= 0.6 is 0 Å². The van der Waals surface area contributed by atoms with E-state index >= 15 is 0 Å². The summed E-state index contributed by atoms with van der Waals surface area (Å²) < 4.78 is 0. The molecule has 104 valence electrons. The Labute approximate surface area is 120 Å². The molecule has 1 atom stereocenters. The van der Waals surface area contributed by atoms with Gasteiger partial charge in [0.2, 0.25) is 11.8 Å². The van der Waals surface area contributed by atoms with Crippen LogP contribution in [-0.2, 0) is 9.59 Å². The van der Waals surface area contributed by atoms with E-state index in [1.54, 1.807) is 6.07 Å². The predicted octanol–water partition coefficient (Wildman–Crippen LogP) is 0.0691. The summed E-state index contributed by atoms with van der Waals surface area (Å²) in [6, 6.07) is 3.56. The molecule has 6 heteroatoms. The number of nitrogens with zero attached hydrogens (tertiary/aromatic N) is 1. The van der Waals surface area contributed by atoms with Gasteiger partial charge in [-0.05, 0) is 24.6 Å². The van der Waals surface area contributed by atoms with Crippen molar-refractivity contribution in [2.24, 2.45) is 0 Å². The molecule has 0 spiro atoms. The summed E-state index contributed by atoms with van der Waals surface area (Å²) in [5.41, 5.74) is 0.906. The molecule has 2 heterocycles. The highest BCUT2D eigenvalue weighted by Crippen LogP contribution is 2.28. The first-order valence-corrected chi connectivity index (χ1v) is 6.35. The van der Waals surface area contributed by atoms with E-state index in [9.17, 15) is 19.2 Å². The Morgan fingerprint density at radius 3 is 2.52 bits per heavy atom. The molecular formula is C15H10N2O4. The van der Waals surface area contributed by atoms with E-state index in [1.807, 2.05) is 0 Å². The monoisotopic (exact) mass is 282 g/mol. The van der Waals surface area contributed by atoms with Crippen molar-refractivity contribution < 1.29 is 19.2 Å². The van der Waals surface area contributed by atoms with Crippen molar-refractivity contribution in [1.82, 2.24) is 10.2 Å². The SMILES string of the molecule is C#Cc1ccc2c(c1)C(=O)N([C@@H]1CCC(=O)NC1=O)C2=O. The zero-order valence-electron chi connectivity index (χ0n) is 10.9. The molecule has 1 aromatic rings. The first-order valence-electron chi connectivity index (χ1n) is 6.35. The number of carbonyl (C=O) groups excluding carboxylic acids is 4. The maximum Gasteiger partial charge on any atom is 0.262 e. The van der Waals surface area contributed by atoms with Crippen LogP contribution in [0.5, 0.6) is 0 Å². The molecule has 0 unspecified atom stereocenters. The number of piperidine rings is 1. The van der Waals surface area contributed by atoms with Gasteiger partial charge in [0.15, 0.2) is 0 Å². The molecule has 1 saturated heterocycles. The lowest BCUT2D eigenvalue weighted by Gasteiger charge is -2.27. The topological polar surface area (TPSA) is 83.6 Å². The van der Waals surface area contributed by atoms with Crippen molar-refractivity contribution in [1.29, 1.82) is 0 Å². The van der Waals surface area contributed by atoms with E-state index in [2.05, 4.69) is 11.2 Å². The van der Waals surface area contributed by atoms with E-state index in [-0.39, 0.29) is 24.0 Å². The fourth-order valence-corrected chi connectivity index (χ4v) is 2.56. The number of nitrogens with one attached hydrogen (secondary N) is 1. The molecular weight excluding hydrogens is 272 g/mol. The van der Waals surface area contributed by atoms with Gasteiger partial charge in [-0.2, -0.15) is 0 Å². The van der Waals surface area contributed by atoms with Crippen LogP contribution in [0.25, 0.3) is 0 Å². The minimum Gasteiger partial charge on any atom is -0.295 e. The number of hydrogen-bond acceptors (Lipinski definition) is 4. The maximum atomic E-state index is 12.4. The quantitative estimate of drug-likeness (QED) is 0.583. The average Bonchev–Trinajstić information content (AvgIpc) is 2.71. The fourth-order valence-electron chi connectivity index (χ4n) is 2.56. The van der Waals surface area contributed by atoms with Gasteiger partial charge in [0, 0.05) is 12.0 Å². The molecule has 4 amide bonds. The van der Waals surface area contributed by atoms with E-state index in [1.165, 1.54) is 12.1 Å². The van der Waals surface area contributed by atoms with Crippen molar-refractivity contribution in [2.75, 3.05) is 0 Å². The summed E-state index contributed by atoms with van der Waals surface area (Å²) in [6.07, 6.45) is 5.51. The van der Waals surface area contributed by atoms with Gasteiger partial charge in [0.05, 0.1) is 11.1 Å². The Morgan fingerprint density at radius 1 is 1.14 bits per heavy atom. The Hall–Kier alpha value is -2.94. The predicted molar refractivity (Wildman–Crippen MR) is 71.0 cm³/mol. The van der Waals surface area contributed by atoms with Gasteiger partial charge in [-0.1, -0.05) is 5.92 Å². The molecule has 6 nitrogen and oxygen atoms in total. The molecule has 0 radical (unpaired) electrons. The number of amides is 4. The average molecular weight is 282 g/mol. The lowest BCUT2D eigenvalue weighted by molar-refractivity contribution is -0.136. The van der Waals surface area contributed by atoms with Crippen LogP contribution in [0.3, 0.4) is 0 Å². The fraction of sp³-hybridized carbons (Fsp3) is 0.200. The smallest absolute Gasteiger partial charge is 0.262 e. The second-order valence-electron chi connectivity index (χ2n) is 4.85. The molecule has 21 heavy (non-hydrogen) atoms. The lowest BCUT2D eigenvalue weighted by Crippen LogP contribution is -2.54. The Kier molecular flexibility index (Phi) is 2.84. The molecule has 1 N–H and O–H groups in total. The minimum atomic E-state index is -0.954. The number of fused-ring (bicyclic) bond motifs is 1. The van der Waals surface area contributed by atoms with Gasteiger partial charge in [-0.15, -0.1) is 6.42 Å². The summed E-state index contributed by atoms with van der Waals surface area (Å²) in [5.74, 6) is 0.279. The van der Waals surface area contributed by atoms with Gasteiger partial charge in [-0.25, -0.2) is 0 Å². The summed E-state index contributed by atoms with van der Waals surface area (Å²) in [6.45, 7) is 0.